The summed E-state index contributed by atoms with van der Waals surface area (Å²) in [4.78, 5) is 14.0. The molecule has 0 saturated carbocycles. The maximum absolute atomic E-state index is 13.3. The smallest absolute Gasteiger partial charge is 0.220 e. The fourth-order valence-electron chi connectivity index (χ4n) is 2.73. The van der Waals surface area contributed by atoms with E-state index >= 15 is 0 Å². The van der Waals surface area contributed by atoms with Crippen LogP contribution in [-0.2, 0) is 4.79 Å². The Balaban J connectivity index is 1.84. The zero-order valence-corrected chi connectivity index (χ0v) is 12.6. The van der Waals surface area contributed by atoms with Gasteiger partial charge in [0.2, 0.25) is 5.91 Å². The van der Waals surface area contributed by atoms with Crippen molar-refractivity contribution in [2.75, 3.05) is 31.6 Å². The lowest BCUT2D eigenvalue weighted by Gasteiger charge is -2.34. The lowest BCUT2D eigenvalue weighted by atomic mass is 10.0. The summed E-state index contributed by atoms with van der Waals surface area (Å²) >= 11 is 0. The number of nitrogens with zero attached hydrogens (tertiary/aromatic N) is 1. The van der Waals surface area contributed by atoms with Crippen LogP contribution in [0.1, 0.15) is 25.7 Å². The van der Waals surface area contributed by atoms with Crippen LogP contribution in [0.15, 0.2) is 24.3 Å². The first kappa shape index (κ1) is 15.8. The summed E-state index contributed by atoms with van der Waals surface area (Å²) in [6.45, 7) is 2.52. The van der Waals surface area contributed by atoms with Crippen molar-refractivity contribution in [3.05, 3.63) is 30.1 Å². The molecule has 0 aliphatic carbocycles. The average molecular weight is 293 g/mol. The first-order chi connectivity index (χ1) is 10.2. The highest BCUT2D eigenvalue weighted by atomic mass is 19.1. The molecule has 0 radical (unpaired) electrons. The first-order valence-corrected chi connectivity index (χ1v) is 7.63. The van der Waals surface area contributed by atoms with E-state index in [1.54, 1.807) is 12.1 Å². The number of anilines is 1. The van der Waals surface area contributed by atoms with Gasteiger partial charge in [-0.15, -0.1) is 0 Å². The molecule has 1 aromatic rings. The van der Waals surface area contributed by atoms with Gasteiger partial charge < -0.3 is 15.5 Å². The fraction of sp³-hybridized carbons (Fsp3) is 0.562. The molecule has 2 N–H and O–H groups in total. The Morgan fingerprint density at radius 1 is 1.48 bits per heavy atom. The standard InChI is InChI=1S/C16H24FN3O/c1-18-9-3-8-16(21)19-14-6-4-10-20(12-14)15-7-2-5-13(17)11-15/h2,5,7,11,14,18H,3-4,6,8-10,12H2,1H3,(H,19,21). The van der Waals surface area contributed by atoms with Gasteiger partial charge in [-0.1, -0.05) is 6.07 Å². The van der Waals surface area contributed by atoms with Crippen molar-refractivity contribution < 1.29 is 9.18 Å². The van der Waals surface area contributed by atoms with Crippen molar-refractivity contribution in [2.24, 2.45) is 0 Å². The monoisotopic (exact) mass is 293 g/mol. The summed E-state index contributed by atoms with van der Waals surface area (Å²) in [5.41, 5.74) is 0.893. The van der Waals surface area contributed by atoms with E-state index in [-0.39, 0.29) is 17.8 Å². The van der Waals surface area contributed by atoms with Gasteiger partial charge in [-0.3, -0.25) is 4.79 Å². The van der Waals surface area contributed by atoms with Crippen molar-refractivity contribution in [3.8, 4) is 0 Å². The van der Waals surface area contributed by atoms with Crippen LogP contribution in [0.5, 0.6) is 0 Å². The molecule has 1 aromatic carbocycles. The maximum Gasteiger partial charge on any atom is 0.220 e. The summed E-state index contributed by atoms with van der Waals surface area (Å²) in [6.07, 6.45) is 3.40. The third-order valence-corrected chi connectivity index (χ3v) is 3.79. The minimum absolute atomic E-state index is 0.108. The molecule has 1 saturated heterocycles. The highest BCUT2D eigenvalue weighted by Gasteiger charge is 2.21. The van der Waals surface area contributed by atoms with E-state index in [1.807, 2.05) is 13.1 Å². The SMILES string of the molecule is CNCCCC(=O)NC1CCCN(c2cccc(F)c2)C1. The predicted octanol–water partition coefficient (Wildman–Crippen LogP) is 1.91. The van der Waals surface area contributed by atoms with E-state index in [9.17, 15) is 9.18 Å². The van der Waals surface area contributed by atoms with Crippen molar-refractivity contribution in [1.82, 2.24) is 10.6 Å². The van der Waals surface area contributed by atoms with Crippen LogP contribution in [-0.4, -0.2) is 38.6 Å². The number of carbonyl (C=O) groups is 1. The lowest BCUT2D eigenvalue weighted by Crippen LogP contribution is -2.47. The molecule has 21 heavy (non-hydrogen) atoms. The second kappa shape index (κ2) is 7.98. The summed E-state index contributed by atoms with van der Waals surface area (Å²) < 4.78 is 13.3. The van der Waals surface area contributed by atoms with E-state index in [0.717, 1.165) is 44.6 Å². The van der Waals surface area contributed by atoms with Crippen molar-refractivity contribution >= 4 is 11.6 Å². The van der Waals surface area contributed by atoms with Crippen LogP contribution < -0.4 is 15.5 Å². The van der Waals surface area contributed by atoms with Crippen molar-refractivity contribution in [2.45, 2.75) is 31.7 Å². The topological polar surface area (TPSA) is 44.4 Å². The molecule has 1 aliphatic heterocycles. The van der Waals surface area contributed by atoms with Crippen LogP contribution in [0.25, 0.3) is 0 Å². The molecule has 4 nitrogen and oxygen atoms in total. The number of carbonyl (C=O) groups excluding carboxylic acids is 1. The van der Waals surface area contributed by atoms with Crippen LogP contribution >= 0.6 is 0 Å². The van der Waals surface area contributed by atoms with Crippen molar-refractivity contribution in [1.29, 1.82) is 0 Å². The van der Waals surface area contributed by atoms with Gasteiger partial charge >= 0.3 is 0 Å². The summed E-state index contributed by atoms with van der Waals surface area (Å²) in [7, 11) is 1.88. The summed E-state index contributed by atoms with van der Waals surface area (Å²) in [5.74, 6) is -0.109. The molecule has 1 heterocycles. The molecule has 1 aliphatic rings. The molecule has 5 heteroatoms. The molecular weight excluding hydrogens is 269 g/mol. The van der Waals surface area contributed by atoms with Crippen LogP contribution in [0.2, 0.25) is 0 Å². The summed E-state index contributed by atoms with van der Waals surface area (Å²) in [5, 5.41) is 6.13. The molecule has 1 fully saturated rings. The molecule has 0 bridgehead atoms. The third kappa shape index (κ3) is 5.01. The van der Waals surface area contributed by atoms with Crippen molar-refractivity contribution in [3.63, 3.8) is 0 Å². The molecule has 1 unspecified atom stereocenters. The third-order valence-electron chi connectivity index (χ3n) is 3.79. The minimum Gasteiger partial charge on any atom is -0.369 e. The van der Waals surface area contributed by atoms with Gasteiger partial charge in [-0.2, -0.15) is 0 Å². The van der Waals surface area contributed by atoms with Crippen LogP contribution in [0, 0.1) is 5.82 Å². The van der Waals surface area contributed by atoms with Gasteiger partial charge in [0.05, 0.1) is 0 Å². The second-order valence-corrected chi connectivity index (χ2v) is 5.54. The molecule has 1 amide bonds. The van der Waals surface area contributed by atoms with E-state index in [1.165, 1.54) is 6.07 Å². The maximum atomic E-state index is 13.3. The van der Waals surface area contributed by atoms with Gasteiger partial charge in [-0.25, -0.2) is 4.39 Å². The molecule has 0 aromatic heterocycles. The number of piperidine rings is 1. The summed E-state index contributed by atoms with van der Waals surface area (Å²) in [6, 6.07) is 6.81. The van der Waals surface area contributed by atoms with Crippen LogP contribution in [0.4, 0.5) is 10.1 Å². The zero-order valence-electron chi connectivity index (χ0n) is 12.6. The lowest BCUT2D eigenvalue weighted by molar-refractivity contribution is -0.121. The Kier molecular flexibility index (Phi) is 5.99. The molecule has 1 atom stereocenters. The quantitative estimate of drug-likeness (QED) is 0.788. The Labute approximate surface area is 125 Å². The number of hydrogen-bond donors (Lipinski definition) is 2. The number of amides is 1. The van der Waals surface area contributed by atoms with Gasteiger partial charge in [0.1, 0.15) is 5.82 Å². The van der Waals surface area contributed by atoms with E-state index in [2.05, 4.69) is 15.5 Å². The molecular formula is C16H24FN3O. The van der Waals surface area contributed by atoms with Gasteiger partial charge in [0.15, 0.2) is 0 Å². The highest BCUT2D eigenvalue weighted by molar-refractivity contribution is 5.76. The number of rotatable bonds is 6. The van der Waals surface area contributed by atoms with E-state index < -0.39 is 0 Å². The minimum atomic E-state index is -0.217. The normalized spacial score (nSPS) is 18.6. The Bertz CT molecular complexity index is 467. The molecule has 116 valence electrons. The Hall–Kier alpha value is -1.62. The van der Waals surface area contributed by atoms with E-state index in [0.29, 0.717) is 6.42 Å². The molecule has 2 rings (SSSR count). The first-order valence-electron chi connectivity index (χ1n) is 7.63. The van der Waals surface area contributed by atoms with Gasteiger partial charge in [-0.05, 0) is 51.1 Å². The van der Waals surface area contributed by atoms with E-state index in [4.69, 9.17) is 0 Å². The average Bonchev–Trinajstić information content (AvgIpc) is 2.48. The number of nitrogens with one attached hydrogen (secondary N) is 2. The molecule has 0 spiro atoms. The second-order valence-electron chi connectivity index (χ2n) is 5.54. The zero-order chi connectivity index (χ0) is 15.1. The number of halogens is 1. The number of benzene rings is 1. The highest BCUT2D eigenvalue weighted by Crippen LogP contribution is 2.20. The predicted molar refractivity (Wildman–Crippen MR) is 82.9 cm³/mol. The largest absolute Gasteiger partial charge is 0.369 e. The number of hydrogen-bond acceptors (Lipinski definition) is 3. The Morgan fingerprint density at radius 3 is 3.10 bits per heavy atom. The van der Waals surface area contributed by atoms with Crippen LogP contribution in [0.3, 0.4) is 0 Å². The fourth-order valence-corrected chi connectivity index (χ4v) is 2.73. The van der Waals surface area contributed by atoms with Gasteiger partial charge in [0.25, 0.3) is 0 Å². The van der Waals surface area contributed by atoms with Gasteiger partial charge in [0, 0.05) is 31.2 Å². The Morgan fingerprint density at radius 2 is 2.33 bits per heavy atom.